The second-order valence-electron chi connectivity index (χ2n) is 3.14. The lowest BCUT2D eigenvalue weighted by atomic mass is 10.3. The first-order valence-electron chi connectivity index (χ1n) is 4.66. The monoisotopic (exact) mass is 211 g/mol. The van der Waals surface area contributed by atoms with Crippen molar-refractivity contribution in [3.05, 3.63) is 17.8 Å². The van der Waals surface area contributed by atoms with Crippen LogP contribution in [0.4, 0.5) is 5.82 Å². The fraction of sp³-hybridized carbons (Fsp3) is 0.556. The molecule has 76 valence electrons. The van der Waals surface area contributed by atoms with Crippen molar-refractivity contribution in [3.8, 4) is 0 Å². The third-order valence-corrected chi connectivity index (χ3v) is 2.53. The minimum Gasteiger partial charge on any atom is -0.378 e. The highest BCUT2D eigenvalue weighted by molar-refractivity contribution is 7.79. The molecule has 0 N–H and O–H groups in total. The number of anilines is 1. The van der Waals surface area contributed by atoms with Crippen LogP contribution in [0.25, 0.3) is 0 Å². The molecule has 1 aromatic rings. The normalized spacial score (nSPS) is 17.1. The van der Waals surface area contributed by atoms with E-state index in [9.17, 15) is 0 Å². The van der Waals surface area contributed by atoms with Crippen LogP contribution in [0.3, 0.4) is 0 Å². The average Bonchev–Trinajstić information content (AvgIpc) is 2.30. The van der Waals surface area contributed by atoms with Gasteiger partial charge in [-0.3, -0.25) is 0 Å². The molecule has 4 nitrogen and oxygen atoms in total. The van der Waals surface area contributed by atoms with Gasteiger partial charge in [0.05, 0.1) is 18.9 Å². The Balaban J connectivity index is 2.07. The van der Waals surface area contributed by atoms with Crippen LogP contribution in [0.1, 0.15) is 5.69 Å². The molecular weight excluding hydrogens is 198 g/mol. The molecule has 0 radical (unpaired) electrons. The van der Waals surface area contributed by atoms with Crippen LogP contribution in [-0.4, -0.2) is 36.5 Å². The predicted octanol–water partition coefficient (Wildman–Crippen LogP) is 0.743. The van der Waals surface area contributed by atoms with E-state index in [-0.39, 0.29) is 0 Å². The number of hydrogen-bond acceptors (Lipinski definition) is 5. The summed E-state index contributed by atoms with van der Waals surface area (Å²) in [5.74, 6) is 1.56. The molecule has 0 amide bonds. The van der Waals surface area contributed by atoms with Gasteiger partial charge in [0.25, 0.3) is 0 Å². The molecule has 1 fully saturated rings. The fourth-order valence-electron chi connectivity index (χ4n) is 1.40. The second-order valence-corrected chi connectivity index (χ2v) is 3.46. The van der Waals surface area contributed by atoms with E-state index in [1.54, 1.807) is 0 Å². The summed E-state index contributed by atoms with van der Waals surface area (Å²) >= 11 is 4.14. The highest BCUT2D eigenvalue weighted by Gasteiger charge is 2.12. The Morgan fingerprint density at radius 3 is 2.64 bits per heavy atom. The lowest BCUT2D eigenvalue weighted by Crippen LogP contribution is -2.36. The molecule has 0 aromatic carbocycles. The SMILES string of the molecule is SCc1ccc(N2CCOCC2)nn1. The Kier molecular flexibility index (Phi) is 3.21. The van der Waals surface area contributed by atoms with E-state index in [4.69, 9.17) is 4.74 Å². The van der Waals surface area contributed by atoms with Crippen LogP contribution in [0.2, 0.25) is 0 Å². The Bertz CT molecular complexity index is 285. The van der Waals surface area contributed by atoms with Crippen molar-refractivity contribution < 1.29 is 4.74 Å². The van der Waals surface area contributed by atoms with Crippen molar-refractivity contribution in [2.24, 2.45) is 0 Å². The molecule has 0 atom stereocenters. The van der Waals surface area contributed by atoms with E-state index >= 15 is 0 Å². The van der Waals surface area contributed by atoms with Gasteiger partial charge in [0.1, 0.15) is 0 Å². The predicted molar refractivity (Wildman–Crippen MR) is 57.8 cm³/mol. The summed E-state index contributed by atoms with van der Waals surface area (Å²) in [4.78, 5) is 2.18. The first-order chi connectivity index (χ1) is 6.90. The molecular formula is C9H13N3OS. The summed E-state index contributed by atoms with van der Waals surface area (Å²) in [7, 11) is 0. The highest BCUT2D eigenvalue weighted by atomic mass is 32.1. The van der Waals surface area contributed by atoms with E-state index in [1.165, 1.54) is 0 Å². The smallest absolute Gasteiger partial charge is 0.151 e. The molecule has 1 saturated heterocycles. The molecule has 5 heteroatoms. The molecule has 0 spiro atoms. The Morgan fingerprint density at radius 2 is 2.07 bits per heavy atom. The molecule has 2 rings (SSSR count). The van der Waals surface area contributed by atoms with Crippen molar-refractivity contribution in [2.45, 2.75) is 5.75 Å². The van der Waals surface area contributed by atoms with Crippen LogP contribution in [-0.2, 0) is 10.5 Å². The number of thiol groups is 1. The van der Waals surface area contributed by atoms with Gasteiger partial charge in [-0.2, -0.15) is 17.7 Å². The standard InChI is InChI=1S/C9H13N3OS/c14-7-8-1-2-9(11-10-8)12-3-5-13-6-4-12/h1-2,14H,3-7H2. The van der Waals surface area contributed by atoms with Gasteiger partial charge in [-0.15, -0.1) is 5.10 Å². The fourth-order valence-corrected chi connectivity index (χ4v) is 1.57. The van der Waals surface area contributed by atoms with E-state index in [2.05, 4.69) is 27.7 Å². The zero-order chi connectivity index (χ0) is 9.80. The second kappa shape index (κ2) is 4.61. The molecule has 0 bridgehead atoms. The van der Waals surface area contributed by atoms with Crippen LogP contribution >= 0.6 is 12.6 Å². The van der Waals surface area contributed by atoms with Gasteiger partial charge >= 0.3 is 0 Å². The number of hydrogen-bond donors (Lipinski definition) is 1. The quantitative estimate of drug-likeness (QED) is 0.732. The third kappa shape index (κ3) is 2.16. The molecule has 0 saturated carbocycles. The molecule has 0 aliphatic carbocycles. The van der Waals surface area contributed by atoms with Crippen molar-refractivity contribution in [1.29, 1.82) is 0 Å². The van der Waals surface area contributed by atoms with Crippen molar-refractivity contribution in [3.63, 3.8) is 0 Å². The maximum Gasteiger partial charge on any atom is 0.151 e. The molecule has 1 aliphatic rings. The first-order valence-corrected chi connectivity index (χ1v) is 5.29. The van der Waals surface area contributed by atoms with E-state index in [0.29, 0.717) is 5.75 Å². The van der Waals surface area contributed by atoms with Gasteiger partial charge in [-0.05, 0) is 12.1 Å². The minimum atomic E-state index is 0.635. The van der Waals surface area contributed by atoms with E-state index in [1.807, 2.05) is 12.1 Å². The summed E-state index contributed by atoms with van der Waals surface area (Å²) in [6.07, 6.45) is 0. The molecule has 1 aliphatic heterocycles. The number of nitrogens with zero attached hydrogens (tertiary/aromatic N) is 3. The average molecular weight is 211 g/mol. The Labute approximate surface area is 88.7 Å². The highest BCUT2D eigenvalue weighted by Crippen LogP contribution is 2.11. The summed E-state index contributed by atoms with van der Waals surface area (Å²) in [5, 5.41) is 8.21. The van der Waals surface area contributed by atoms with Gasteiger partial charge < -0.3 is 9.64 Å². The maximum absolute atomic E-state index is 5.26. The lowest BCUT2D eigenvalue weighted by Gasteiger charge is -2.27. The van der Waals surface area contributed by atoms with Gasteiger partial charge in [-0.25, -0.2) is 0 Å². The summed E-state index contributed by atoms with van der Waals surface area (Å²) in [6, 6.07) is 3.95. The summed E-state index contributed by atoms with van der Waals surface area (Å²) < 4.78 is 5.26. The Morgan fingerprint density at radius 1 is 1.29 bits per heavy atom. The number of aromatic nitrogens is 2. The number of ether oxygens (including phenoxy) is 1. The zero-order valence-electron chi connectivity index (χ0n) is 7.89. The molecule has 1 aromatic heterocycles. The topological polar surface area (TPSA) is 38.2 Å². The van der Waals surface area contributed by atoms with Crippen LogP contribution in [0, 0.1) is 0 Å². The molecule has 0 unspecified atom stereocenters. The number of morpholine rings is 1. The molecule has 2 heterocycles. The summed E-state index contributed by atoms with van der Waals surface area (Å²) in [5.41, 5.74) is 0.908. The van der Waals surface area contributed by atoms with Gasteiger partial charge in [-0.1, -0.05) is 0 Å². The van der Waals surface area contributed by atoms with Crippen molar-refractivity contribution >= 4 is 18.4 Å². The van der Waals surface area contributed by atoms with E-state index in [0.717, 1.165) is 37.8 Å². The minimum absolute atomic E-state index is 0.635. The maximum atomic E-state index is 5.26. The zero-order valence-corrected chi connectivity index (χ0v) is 8.78. The van der Waals surface area contributed by atoms with E-state index < -0.39 is 0 Å². The third-order valence-electron chi connectivity index (χ3n) is 2.20. The largest absolute Gasteiger partial charge is 0.378 e. The first kappa shape index (κ1) is 9.73. The van der Waals surface area contributed by atoms with Gasteiger partial charge in [0.2, 0.25) is 0 Å². The van der Waals surface area contributed by atoms with Gasteiger partial charge in [0.15, 0.2) is 5.82 Å². The number of rotatable bonds is 2. The van der Waals surface area contributed by atoms with Crippen molar-refractivity contribution in [2.75, 3.05) is 31.2 Å². The van der Waals surface area contributed by atoms with Crippen LogP contribution in [0.5, 0.6) is 0 Å². The molecule has 14 heavy (non-hydrogen) atoms. The lowest BCUT2D eigenvalue weighted by molar-refractivity contribution is 0.122. The van der Waals surface area contributed by atoms with Crippen LogP contribution in [0.15, 0.2) is 12.1 Å². The van der Waals surface area contributed by atoms with Crippen molar-refractivity contribution in [1.82, 2.24) is 10.2 Å². The van der Waals surface area contributed by atoms with Gasteiger partial charge in [0, 0.05) is 18.8 Å². The summed E-state index contributed by atoms with van der Waals surface area (Å²) in [6.45, 7) is 3.34. The Hall–Kier alpha value is -0.810. The van der Waals surface area contributed by atoms with Crippen LogP contribution < -0.4 is 4.90 Å².